The van der Waals surface area contributed by atoms with Gasteiger partial charge in [-0.05, 0) is 25.0 Å². The summed E-state index contributed by atoms with van der Waals surface area (Å²) < 4.78 is 26.6. The molecule has 2 amide bonds. The van der Waals surface area contributed by atoms with E-state index in [0.717, 1.165) is 38.1 Å². The molecule has 0 N–H and O–H groups in total. The minimum Gasteiger partial charge on any atom is -0.342 e. The molecule has 0 aromatic heterocycles. The van der Waals surface area contributed by atoms with Gasteiger partial charge in [0.25, 0.3) is 5.91 Å². The van der Waals surface area contributed by atoms with Crippen molar-refractivity contribution < 1.29 is 18.4 Å². The predicted octanol–water partition coefficient (Wildman–Crippen LogP) is 2.78. The zero-order valence-corrected chi connectivity index (χ0v) is 16.0. The molecule has 0 bridgehead atoms. The number of halogens is 3. The van der Waals surface area contributed by atoms with E-state index in [0.29, 0.717) is 32.7 Å². The first-order valence-electron chi connectivity index (χ1n) is 9.39. The topological polar surface area (TPSA) is 43.9 Å². The molecule has 2 saturated heterocycles. The number of carbonyl (C=O) groups is 2. The van der Waals surface area contributed by atoms with Crippen molar-refractivity contribution in [3.05, 3.63) is 34.4 Å². The second kappa shape index (κ2) is 8.97. The SMILES string of the molecule is O=C(CN1CCN(C(=O)c2cc(F)c(F)cc2Cl)CC1)N1CCCCCC1. The van der Waals surface area contributed by atoms with Gasteiger partial charge < -0.3 is 9.80 Å². The van der Waals surface area contributed by atoms with Crippen LogP contribution in [0.3, 0.4) is 0 Å². The van der Waals surface area contributed by atoms with Crippen molar-refractivity contribution in [2.75, 3.05) is 45.8 Å². The summed E-state index contributed by atoms with van der Waals surface area (Å²) in [7, 11) is 0. The highest BCUT2D eigenvalue weighted by molar-refractivity contribution is 6.33. The number of hydrogen-bond donors (Lipinski definition) is 0. The Kier molecular flexibility index (Phi) is 6.65. The zero-order valence-electron chi connectivity index (χ0n) is 15.2. The summed E-state index contributed by atoms with van der Waals surface area (Å²) in [5.41, 5.74) is -0.0374. The van der Waals surface area contributed by atoms with Crippen LogP contribution in [-0.2, 0) is 4.79 Å². The molecule has 0 saturated carbocycles. The lowest BCUT2D eigenvalue weighted by Gasteiger charge is -2.35. The number of rotatable bonds is 3. The molecule has 0 atom stereocenters. The minimum atomic E-state index is -1.09. The number of carbonyl (C=O) groups excluding carboxylic acids is 2. The van der Waals surface area contributed by atoms with Crippen LogP contribution in [0.25, 0.3) is 0 Å². The molecule has 0 aliphatic carbocycles. The smallest absolute Gasteiger partial charge is 0.255 e. The third-order valence-electron chi connectivity index (χ3n) is 5.22. The molecule has 148 valence electrons. The molecular weight excluding hydrogens is 376 g/mol. The van der Waals surface area contributed by atoms with Gasteiger partial charge in [-0.25, -0.2) is 8.78 Å². The Bertz CT molecular complexity index is 700. The fourth-order valence-electron chi connectivity index (χ4n) is 3.58. The first-order valence-corrected chi connectivity index (χ1v) is 9.77. The fourth-order valence-corrected chi connectivity index (χ4v) is 3.81. The highest BCUT2D eigenvalue weighted by atomic mass is 35.5. The molecule has 0 spiro atoms. The summed E-state index contributed by atoms with van der Waals surface area (Å²) in [6.07, 6.45) is 4.47. The van der Waals surface area contributed by atoms with Crippen molar-refractivity contribution in [1.82, 2.24) is 14.7 Å². The van der Waals surface area contributed by atoms with Crippen molar-refractivity contribution in [1.29, 1.82) is 0 Å². The van der Waals surface area contributed by atoms with Gasteiger partial charge in [0.2, 0.25) is 5.91 Å². The number of nitrogens with zero attached hydrogens (tertiary/aromatic N) is 3. The van der Waals surface area contributed by atoms with Gasteiger partial charge in [-0.15, -0.1) is 0 Å². The summed E-state index contributed by atoms with van der Waals surface area (Å²) in [5.74, 6) is -2.45. The molecule has 0 radical (unpaired) electrons. The van der Waals surface area contributed by atoms with E-state index in [2.05, 4.69) is 0 Å². The Morgan fingerprint density at radius 2 is 1.44 bits per heavy atom. The molecule has 2 fully saturated rings. The van der Waals surface area contributed by atoms with E-state index in [4.69, 9.17) is 11.6 Å². The maximum absolute atomic E-state index is 13.4. The van der Waals surface area contributed by atoms with E-state index in [1.165, 1.54) is 12.8 Å². The molecule has 2 heterocycles. The van der Waals surface area contributed by atoms with E-state index in [1.807, 2.05) is 9.80 Å². The van der Waals surface area contributed by atoms with Crippen LogP contribution in [0.5, 0.6) is 0 Å². The van der Waals surface area contributed by atoms with Crippen LogP contribution in [0, 0.1) is 11.6 Å². The normalized spacial score (nSPS) is 19.1. The quantitative estimate of drug-likeness (QED) is 0.734. The van der Waals surface area contributed by atoms with Gasteiger partial charge in [-0.2, -0.15) is 0 Å². The van der Waals surface area contributed by atoms with E-state index >= 15 is 0 Å². The van der Waals surface area contributed by atoms with Gasteiger partial charge in [-0.1, -0.05) is 24.4 Å². The summed E-state index contributed by atoms with van der Waals surface area (Å²) in [6, 6.07) is 1.66. The molecule has 1 aromatic carbocycles. The molecule has 0 unspecified atom stereocenters. The van der Waals surface area contributed by atoms with E-state index in [-0.39, 0.29) is 16.5 Å². The average Bonchev–Trinajstić information content (AvgIpc) is 2.94. The first-order chi connectivity index (χ1) is 13.0. The fraction of sp³-hybridized carbons (Fsp3) is 0.579. The van der Waals surface area contributed by atoms with Crippen LogP contribution < -0.4 is 0 Å². The molecule has 3 rings (SSSR count). The summed E-state index contributed by atoms with van der Waals surface area (Å²) >= 11 is 5.90. The number of likely N-dealkylation sites (tertiary alicyclic amines) is 1. The van der Waals surface area contributed by atoms with Crippen molar-refractivity contribution in [2.45, 2.75) is 25.7 Å². The summed E-state index contributed by atoms with van der Waals surface area (Å²) in [5, 5.41) is -0.0994. The molecule has 8 heteroatoms. The number of hydrogen-bond acceptors (Lipinski definition) is 3. The van der Waals surface area contributed by atoms with E-state index < -0.39 is 17.5 Å². The standard InChI is InChI=1S/C19H24ClF2N3O2/c20-15-12-17(22)16(21)11-14(15)19(27)25-9-7-23(8-10-25)13-18(26)24-5-3-1-2-4-6-24/h11-12H,1-10,13H2. The zero-order chi connectivity index (χ0) is 19.4. The molecule has 5 nitrogen and oxygen atoms in total. The van der Waals surface area contributed by atoms with Crippen LogP contribution in [0.4, 0.5) is 8.78 Å². The molecule has 2 aliphatic rings. The van der Waals surface area contributed by atoms with Crippen molar-refractivity contribution in [3.8, 4) is 0 Å². The predicted molar refractivity (Wildman–Crippen MR) is 98.8 cm³/mol. The summed E-state index contributed by atoms with van der Waals surface area (Å²) in [6.45, 7) is 3.97. The highest BCUT2D eigenvalue weighted by Gasteiger charge is 2.26. The second-order valence-electron chi connectivity index (χ2n) is 7.11. The van der Waals surface area contributed by atoms with Gasteiger partial charge in [-0.3, -0.25) is 14.5 Å². The lowest BCUT2D eigenvalue weighted by atomic mass is 10.1. The largest absolute Gasteiger partial charge is 0.342 e. The first kappa shape index (κ1) is 20.0. The van der Waals surface area contributed by atoms with Gasteiger partial charge in [0.15, 0.2) is 11.6 Å². The van der Waals surface area contributed by atoms with E-state index in [9.17, 15) is 18.4 Å². The summed E-state index contributed by atoms with van der Waals surface area (Å²) in [4.78, 5) is 30.6. The van der Waals surface area contributed by atoms with E-state index in [1.54, 1.807) is 4.90 Å². The van der Waals surface area contributed by atoms with Crippen molar-refractivity contribution in [2.24, 2.45) is 0 Å². The van der Waals surface area contributed by atoms with Crippen LogP contribution in [0.2, 0.25) is 5.02 Å². The third kappa shape index (κ3) is 4.96. The maximum Gasteiger partial charge on any atom is 0.255 e. The molecule has 27 heavy (non-hydrogen) atoms. The van der Waals surface area contributed by atoms with Crippen LogP contribution in [-0.4, -0.2) is 72.3 Å². The Morgan fingerprint density at radius 1 is 0.852 bits per heavy atom. The van der Waals surface area contributed by atoms with Crippen molar-refractivity contribution >= 4 is 23.4 Å². The number of amides is 2. The highest BCUT2D eigenvalue weighted by Crippen LogP contribution is 2.22. The number of benzene rings is 1. The minimum absolute atomic E-state index is 0.0374. The Labute approximate surface area is 162 Å². The van der Waals surface area contributed by atoms with Gasteiger partial charge in [0, 0.05) is 39.3 Å². The molecule has 2 aliphatic heterocycles. The third-order valence-corrected chi connectivity index (χ3v) is 5.53. The Morgan fingerprint density at radius 3 is 2.07 bits per heavy atom. The van der Waals surface area contributed by atoms with Gasteiger partial charge >= 0.3 is 0 Å². The maximum atomic E-state index is 13.4. The van der Waals surface area contributed by atoms with Gasteiger partial charge in [0.05, 0.1) is 17.1 Å². The molecule has 1 aromatic rings. The Hall–Kier alpha value is -1.73. The van der Waals surface area contributed by atoms with Crippen LogP contribution in [0.1, 0.15) is 36.0 Å². The molecular formula is C19H24ClF2N3O2. The second-order valence-corrected chi connectivity index (χ2v) is 7.52. The average molecular weight is 400 g/mol. The van der Waals surface area contributed by atoms with Gasteiger partial charge in [0.1, 0.15) is 0 Å². The monoisotopic (exact) mass is 399 g/mol. The lowest BCUT2D eigenvalue weighted by molar-refractivity contribution is -0.132. The number of piperazine rings is 1. The van der Waals surface area contributed by atoms with Crippen LogP contribution in [0.15, 0.2) is 12.1 Å². The van der Waals surface area contributed by atoms with Crippen molar-refractivity contribution in [3.63, 3.8) is 0 Å². The Balaban J connectivity index is 1.53. The lowest BCUT2D eigenvalue weighted by Crippen LogP contribution is -2.51. The van der Waals surface area contributed by atoms with Crippen LogP contribution >= 0.6 is 11.6 Å².